The van der Waals surface area contributed by atoms with Gasteiger partial charge in [-0.3, -0.25) is 0 Å². The average Bonchev–Trinajstić information content (AvgIpc) is 2.42. The third kappa shape index (κ3) is 3.11. The first-order valence-electron chi connectivity index (χ1n) is 6.11. The zero-order chi connectivity index (χ0) is 14.7. The van der Waals surface area contributed by atoms with Crippen LogP contribution in [0.5, 0.6) is 11.5 Å². The molecule has 0 amide bonds. The molecule has 2 rings (SSSR count). The van der Waals surface area contributed by atoms with Gasteiger partial charge in [0, 0.05) is 6.54 Å². The fourth-order valence-electron chi connectivity index (χ4n) is 1.83. The van der Waals surface area contributed by atoms with Gasteiger partial charge in [-0.2, -0.15) is 0 Å². The highest BCUT2D eigenvalue weighted by atomic mass is 35.5. The number of aromatic hydroxyl groups is 1. The summed E-state index contributed by atoms with van der Waals surface area (Å²) >= 11 is 6.16. The van der Waals surface area contributed by atoms with E-state index in [4.69, 9.17) is 16.3 Å². The highest BCUT2D eigenvalue weighted by Crippen LogP contribution is 2.27. The van der Waals surface area contributed by atoms with Gasteiger partial charge in [0.1, 0.15) is 16.7 Å². The van der Waals surface area contributed by atoms with Gasteiger partial charge in [-0.1, -0.05) is 17.7 Å². The normalized spacial score (nSPS) is 10.4. The molecule has 20 heavy (non-hydrogen) atoms. The standard InChI is InChI=1S/C14H16ClN3O2/c1-8-13(15)14(18-9(2)17-8)16-7-10-4-5-11(19)12(6-10)20-3/h4-6,19H,7H2,1-3H3,(H,16,17,18). The lowest BCUT2D eigenvalue weighted by Crippen LogP contribution is -2.05. The molecule has 1 heterocycles. The van der Waals surface area contributed by atoms with E-state index in [1.807, 2.05) is 13.8 Å². The van der Waals surface area contributed by atoms with Crippen LogP contribution >= 0.6 is 11.6 Å². The molecule has 2 aromatic rings. The minimum Gasteiger partial charge on any atom is -0.504 e. The second-order valence-corrected chi connectivity index (χ2v) is 4.76. The quantitative estimate of drug-likeness (QED) is 0.907. The Kier molecular flexibility index (Phi) is 4.29. The number of benzene rings is 1. The lowest BCUT2D eigenvalue weighted by molar-refractivity contribution is 0.373. The molecule has 0 unspecified atom stereocenters. The van der Waals surface area contributed by atoms with Gasteiger partial charge in [0.25, 0.3) is 0 Å². The molecular formula is C14H16ClN3O2. The van der Waals surface area contributed by atoms with Crippen molar-refractivity contribution in [1.82, 2.24) is 9.97 Å². The number of hydrogen-bond donors (Lipinski definition) is 2. The molecule has 0 radical (unpaired) electrons. The summed E-state index contributed by atoms with van der Waals surface area (Å²) in [6.45, 7) is 4.18. The highest BCUT2D eigenvalue weighted by molar-refractivity contribution is 6.33. The van der Waals surface area contributed by atoms with Crippen molar-refractivity contribution in [1.29, 1.82) is 0 Å². The van der Waals surface area contributed by atoms with Crippen LogP contribution in [-0.4, -0.2) is 22.2 Å². The fraction of sp³-hybridized carbons (Fsp3) is 0.286. The lowest BCUT2D eigenvalue weighted by atomic mass is 10.2. The van der Waals surface area contributed by atoms with Crippen molar-refractivity contribution in [2.75, 3.05) is 12.4 Å². The molecule has 0 spiro atoms. The summed E-state index contributed by atoms with van der Waals surface area (Å²) in [6.07, 6.45) is 0. The van der Waals surface area contributed by atoms with Gasteiger partial charge in [0.2, 0.25) is 0 Å². The van der Waals surface area contributed by atoms with E-state index in [0.29, 0.717) is 29.0 Å². The zero-order valence-corrected chi connectivity index (χ0v) is 12.3. The fourth-order valence-corrected chi connectivity index (χ4v) is 1.99. The maximum absolute atomic E-state index is 9.55. The van der Waals surface area contributed by atoms with E-state index in [9.17, 15) is 5.11 Å². The zero-order valence-electron chi connectivity index (χ0n) is 11.6. The van der Waals surface area contributed by atoms with Crippen LogP contribution in [0.2, 0.25) is 5.02 Å². The molecule has 1 aromatic heterocycles. The van der Waals surface area contributed by atoms with Gasteiger partial charge >= 0.3 is 0 Å². The molecule has 2 N–H and O–H groups in total. The Labute approximate surface area is 122 Å². The van der Waals surface area contributed by atoms with Crippen LogP contribution in [0.15, 0.2) is 18.2 Å². The summed E-state index contributed by atoms with van der Waals surface area (Å²) in [6, 6.07) is 5.16. The first kappa shape index (κ1) is 14.4. The summed E-state index contributed by atoms with van der Waals surface area (Å²) in [7, 11) is 1.51. The summed E-state index contributed by atoms with van der Waals surface area (Å²) in [5, 5.41) is 13.2. The number of phenols is 1. The molecular weight excluding hydrogens is 278 g/mol. The van der Waals surface area contributed by atoms with Gasteiger partial charge in [0.05, 0.1) is 12.8 Å². The highest BCUT2D eigenvalue weighted by Gasteiger charge is 2.08. The summed E-state index contributed by atoms with van der Waals surface area (Å²) < 4.78 is 5.07. The van der Waals surface area contributed by atoms with Crippen LogP contribution in [-0.2, 0) is 6.54 Å². The Bertz CT molecular complexity index is 632. The predicted octanol–water partition coefficient (Wildman–Crippen LogP) is 3.07. The SMILES string of the molecule is COc1cc(CNc2nc(C)nc(C)c2Cl)ccc1O. The van der Waals surface area contributed by atoms with Crippen LogP contribution in [0.3, 0.4) is 0 Å². The van der Waals surface area contributed by atoms with E-state index in [0.717, 1.165) is 11.3 Å². The molecule has 0 bridgehead atoms. The van der Waals surface area contributed by atoms with E-state index in [1.165, 1.54) is 7.11 Å². The van der Waals surface area contributed by atoms with E-state index in [2.05, 4.69) is 15.3 Å². The predicted molar refractivity (Wildman–Crippen MR) is 78.5 cm³/mol. The molecule has 0 aliphatic heterocycles. The molecule has 0 saturated carbocycles. The monoisotopic (exact) mass is 293 g/mol. The van der Waals surface area contributed by atoms with Crippen LogP contribution in [0.1, 0.15) is 17.1 Å². The van der Waals surface area contributed by atoms with Crippen molar-refractivity contribution in [2.45, 2.75) is 20.4 Å². The summed E-state index contributed by atoms with van der Waals surface area (Å²) in [5.74, 6) is 1.81. The molecule has 0 atom stereocenters. The molecule has 0 aliphatic rings. The number of phenolic OH excluding ortho intramolecular Hbond substituents is 1. The van der Waals surface area contributed by atoms with E-state index >= 15 is 0 Å². The number of nitrogens with one attached hydrogen (secondary N) is 1. The summed E-state index contributed by atoms with van der Waals surface area (Å²) in [4.78, 5) is 8.47. The number of halogens is 1. The first-order chi connectivity index (χ1) is 9.51. The number of hydrogen-bond acceptors (Lipinski definition) is 5. The Morgan fingerprint density at radius 2 is 2.05 bits per heavy atom. The Morgan fingerprint density at radius 3 is 2.75 bits per heavy atom. The maximum atomic E-state index is 9.55. The van der Waals surface area contributed by atoms with Crippen LogP contribution in [0.25, 0.3) is 0 Å². The Morgan fingerprint density at radius 1 is 1.30 bits per heavy atom. The van der Waals surface area contributed by atoms with Gasteiger partial charge in [0.15, 0.2) is 11.5 Å². The number of anilines is 1. The van der Waals surface area contributed by atoms with Crippen molar-refractivity contribution in [3.8, 4) is 11.5 Å². The smallest absolute Gasteiger partial charge is 0.160 e. The summed E-state index contributed by atoms with van der Waals surface area (Å²) in [5.41, 5.74) is 1.69. The van der Waals surface area contributed by atoms with Crippen molar-refractivity contribution in [3.63, 3.8) is 0 Å². The number of ether oxygens (including phenoxy) is 1. The van der Waals surface area contributed by atoms with Crippen molar-refractivity contribution >= 4 is 17.4 Å². The van der Waals surface area contributed by atoms with E-state index < -0.39 is 0 Å². The second kappa shape index (κ2) is 5.96. The number of nitrogens with zero attached hydrogens (tertiary/aromatic N) is 2. The molecule has 106 valence electrons. The largest absolute Gasteiger partial charge is 0.504 e. The number of rotatable bonds is 4. The average molecular weight is 294 g/mol. The van der Waals surface area contributed by atoms with Crippen LogP contribution in [0.4, 0.5) is 5.82 Å². The molecule has 1 aromatic carbocycles. The van der Waals surface area contributed by atoms with Gasteiger partial charge < -0.3 is 15.2 Å². The van der Waals surface area contributed by atoms with Crippen molar-refractivity contribution < 1.29 is 9.84 Å². The van der Waals surface area contributed by atoms with Gasteiger partial charge in [-0.15, -0.1) is 0 Å². The van der Waals surface area contributed by atoms with E-state index in [1.54, 1.807) is 18.2 Å². The first-order valence-corrected chi connectivity index (χ1v) is 6.49. The molecule has 0 fully saturated rings. The molecule has 5 nitrogen and oxygen atoms in total. The minimum atomic E-state index is 0.114. The minimum absolute atomic E-state index is 0.114. The van der Waals surface area contributed by atoms with Crippen LogP contribution < -0.4 is 10.1 Å². The Balaban J connectivity index is 2.17. The lowest BCUT2D eigenvalue weighted by Gasteiger charge is -2.11. The second-order valence-electron chi connectivity index (χ2n) is 4.38. The third-order valence-corrected chi connectivity index (χ3v) is 3.29. The third-order valence-electron chi connectivity index (χ3n) is 2.83. The topological polar surface area (TPSA) is 67.3 Å². The van der Waals surface area contributed by atoms with Crippen molar-refractivity contribution in [3.05, 3.63) is 40.3 Å². The number of aryl methyl sites for hydroxylation is 2. The van der Waals surface area contributed by atoms with Gasteiger partial charge in [-0.05, 0) is 31.5 Å². The number of methoxy groups -OCH3 is 1. The van der Waals surface area contributed by atoms with Crippen molar-refractivity contribution in [2.24, 2.45) is 0 Å². The molecule has 0 aliphatic carbocycles. The molecule has 0 saturated heterocycles. The van der Waals surface area contributed by atoms with Gasteiger partial charge in [-0.25, -0.2) is 9.97 Å². The molecule has 6 heteroatoms. The van der Waals surface area contributed by atoms with Crippen LogP contribution in [0, 0.1) is 13.8 Å². The number of aromatic nitrogens is 2. The maximum Gasteiger partial charge on any atom is 0.160 e. The van der Waals surface area contributed by atoms with E-state index in [-0.39, 0.29) is 5.75 Å². The Hall–Kier alpha value is -2.01.